The molecule has 0 radical (unpaired) electrons. The molecule has 0 aliphatic carbocycles. The zero-order valence-corrected chi connectivity index (χ0v) is 10.5. The van der Waals surface area contributed by atoms with Crippen molar-refractivity contribution in [1.82, 2.24) is 4.57 Å². The number of alkyl halides is 1. The third-order valence-electron chi connectivity index (χ3n) is 1.81. The topological polar surface area (TPSA) is 65.1 Å². The molecule has 0 amide bonds. The quantitative estimate of drug-likeness (QED) is 0.371. The lowest BCUT2D eigenvalue weighted by molar-refractivity contribution is -0.386. The first kappa shape index (κ1) is 12.9. The summed E-state index contributed by atoms with van der Waals surface area (Å²) in [6, 6.07) is 0. The van der Waals surface area contributed by atoms with Gasteiger partial charge in [0.25, 0.3) is 5.43 Å². The number of halogens is 2. The van der Waals surface area contributed by atoms with Crippen LogP contribution in [0.5, 0.6) is 0 Å². The molecule has 0 saturated carbocycles. The third-order valence-corrected chi connectivity index (χ3v) is 2.75. The highest BCUT2D eigenvalue weighted by Crippen LogP contribution is 2.12. The maximum absolute atomic E-state index is 11.4. The van der Waals surface area contributed by atoms with Crippen LogP contribution < -0.4 is 5.43 Å². The Bertz CT molecular complexity index is 498. The van der Waals surface area contributed by atoms with Crippen molar-refractivity contribution in [3.05, 3.63) is 49.4 Å². The maximum atomic E-state index is 11.4. The average Bonchev–Trinajstić information content (AvgIpc) is 2.22. The predicted molar refractivity (Wildman–Crippen MR) is 64.9 cm³/mol. The van der Waals surface area contributed by atoms with Gasteiger partial charge in [0.1, 0.15) is 0 Å². The van der Waals surface area contributed by atoms with Crippen molar-refractivity contribution in [2.75, 3.05) is 5.88 Å². The number of allylic oxidation sites excluding steroid dienone is 1. The van der Waals surface area contributed by atoms with E-state index in [9.17, 15) is 14.9 Å². The monoisotopic (exact) mass is 306 g/mol. The zero-order valence-electron chi connectivity index (χ0n) is 8.15. The largest absolute Gasteiger partial charge is 0.343 e. The van der Waals surface area contributed by atoms with Crippen molar-refractivity contribution in [2.45, 2.75) is 6.54 Å². The molecular formula is C9H8BrClN2O3. The fourth-order valence-corrected chi connectivity index (χ4v) is 1.65. The van der Waals surface area contributed by atoms with E-state index >= 15 is 0 Å². The van der Waals surface area contributed by atoms with Gasteiger partial charge in [-0.1, -0.05) is 6.58 Å². The smallest absolute Gasteiger partial charge is 0.333 e. The minimum atomic E-state index is -0.715. The number of aromatic nitrogens is 1. The number of hydrogen-bond donors (Lipinski definition) is 0. The Morgan fingerprint density at radius 3 is 2.75 bits per heavy atom. The summed E-state index contributed by atoms with van der Waals surface area (Å²) in [5.74, 6) is 0.261. The van der Waals surface area contributed by atoms with E-state index in [2.05, 4.69) is 22.5 Å². The second-order valence-electron chi connectivity index (χ2n) is 3.13. The highest BCUT2D eigenvalue weighted by Gasteiger charge is 2.15. The molecule has 86 valence electrons. The molecule has 0 atom stereocenters. The molecule has 0 aliphatic rings. The van der Waals surface area contributed by atoms with Gasteiger partial charge in [-0.05, 0) is 21.5 Å². The van der Waals surface area contributed by atoms with Gasteiger partial charge in [0.2, 0.25) is 0 Å². The van der Waals surface area contributed by atoms with E-state index in [0.717, 1.165) is 0 Å². The first-order valence-corrected chi connectivity index (χ1v) is 5.55. The van der Waals surface area contributed by atoms with Gasteiger partial charge in [-0.25, -0.2) is 0 Å². The lowest BCUT2D eigenvalue weighted by atomic mass is 10.3. The van der Waals surface area contributed by atoms with Crippen molar-refractivity contribution >= 4 is 33.2 Å². The molecule has 0 aliphatic heterocycles. The predicted octanol–water partition coefficient (Wildman–Crippen LogP) is 2.31. The summed E-state index contributed by atoms with van der Waals surface area (Å²) < 4.78 is 1.64. The SMILES string of the molecule is C=C(CCl)Cn1cc(Br)c(=O)c([N+](=O)[O-])c1. The molecule has 0 aromatic carbocycles. The van der Waals surface area contributed by atoms with E-state index in [1.54, 1.807) is 0 Å². The van der Waals surface area contributed by atoms with E-state index < -0.39 is 16.0 Å². The second kappa shape index (κ2) is 5.27. The first-order chi connectivity index (χ1) is 7.45. The molecule has 5 nitrogen and oxygen atoms in total. The summed E-state index contributed by atoms with van der Waals surface area (Å²) in [7, 11) is 0. The molecule has 1 rings (SSSR count). The Morgan fingerprint density at radius 1 is 1.62 bits per heavy atom. The number of nitrogens with zero attached hydrogens (tertiary/aromatic N) is 2. The molecule has 1 aromatic heterocycles. The molecule has 0 saturated heterocycles. The van der Waals surface area contributed by atoms with Crippen LogP contribution >= 0.6 is 27.5 Å². The molecule has 0 N–H and O–H groups in total. The summed E-state index contributed by atoms with van der Waals surface area (Å²) in [6.45, 7) is 4.02. The molecule has 0 spiro atoms. The van der Waals surface area contributed by atoms with E-state index in [-0.39, 0.29) is 10.4 Å². The van der Waals surface area contributed by atoms with Crippen molar-refractivity contribution in [1.29, 1.82) is 0 Å². The van der Waals surface area contributed by atoms with Crippen LogP contribution in [0.1, 0.15) is 0 Å². The first-order valence-electron chi connectivity index (χ1n) is 4.22. The third kappa shape index (κ3) is 2.93. The average molecular weight is 308 g/mol. The van der Waals surface area contributed by atoms with Crippen LogP contribution in [0, 0.1) is 10.1 Å². The van der Waals surface area contributed by atoms with Crippen LogP contribution in [-0.2, 0) is 6.54 Å². The highest BCUT2D eigenvalue weighted by molar-refractivity contribution is 9.10. The Hall–Kier alpha value is -1.14. The fraction of sp³-hybridized carbons (Fsp3) is 0.222. The Labute approximate surface area is 105 Å². The van der Waals surface area contributed by atoms with Crippen LogP contribution in [-0.4, -0.2) is 15.4 Å². The molecule has 16 heavy (non-hydrogen) atoms. The van der Waals surface area contributed by atoms with Crippen LogP contribution in [0.3, 0.4) is 0 Å². The lowest BCUT2D eigenvalue weighted by Gasteiger charge is -2.07. The summed E-state index contributed by atoms with van der Waals surface area (Å²) in [5.41, 5.74) is -0.416. The summed E-state index contributed by atoms with van der Waals surface area (Å²) in [6.07, 6.45) is 2.64. The Morgan fingerprint density at radius 2 is 2.25 bits per heavy atom. The fourth-order valence-electron chi connectivity index (χ4n) is 1.10. The number of hydrogen-bond acceptors (Lipinski definition) is 3. The van der Waals surface area contributed by atoms with Gasteiger partial charge in [-0.2, -0.15) is 0 Å². The molecule has 1 aromatic rings. The van der Waals surface area contributed by atoms with E-state index in [1.165, 1.54) is 17.0 Å². The van der Waals surface area contributed by atoms with E-state index in [0.29, 0.717) is 12.1 Å². The van der Waals surface area contributed by atoms with Gasteiger partial charge in [0, 0.05) is 18.6 Å². The minimum Gasteiger partial charge on any atom is -0.343 e. The number of pyridine rings is 1. The molecule has 0 unspecified atom stereocenters. The van der Waals surface area contributed by atoms with Crippen molar-refractivity contribution in [3.8, 4) is 0 Å². The van der Waals surface area contributed by atoms with Gasteiger partial charge in [0.15, 0.2) is 0 Å². The molecule has 0 fully saturated rings. The van der Waals surface area contributed by atoms with Crippen LogP contribution in [0.4, 0.5) is 5.69 Å². The number of nitro groups is 1. The summed E-state index contributed by atoms with van der Waals surface area (Å²) in [4.78, 5) is 21.3. The van der Waals surface area contributed by atoms with Gasteiger partial charge >= 0.3 is 5.69 Å². The molecule has 0 bridgehead atoms. The standard InChI is InChI=1S/C9H8BrClN2O3/c1-6(2-11)3-12-4-7(10)9(14)8(5-12)13(15)16/h4-5H,1-3H2. The van der Waals surface area contributed by atoms with E-state index in [1.807, 2.05) is 0 Å². The Kier molecular flexibility index (Phi) is 4.26. The molecule has 1 heterocycles. The normalized spacial score (nSPS) is 10.1. The van der Waals surface area contributed by atoms with Crippen molar-refractivity contribution < 1.29 is 4.92 Å². The highest BCUT2D eigenvalue weighted by atomic mass is 79.9. The van der Waals surface area contributed by atoms with Crippen LogP contribution in [0.25, 0.3) is 0 Å². The van der Waals surface area contributed by atoms with Gasteiger partial charge in [-0.15, -0.1) is 11.6 Å². The zero-order chi connectivity index (χ0) is 12.3. The Balaban J connectivity index is 3.19. The van der Waals surface area contributed by atoms with Crippen LogP contribution in [0.15, 0.2) is 33.8 Å². The maximum Gasteiger partial charge on any atom is 0.333 e. The second-order valence-corrected chi connectivity index (χ2v) is 4.26. The van der Waals surface area contributed by atoms with E-state index in [4.69, 9.17) is 11.6 Å². The minimum absolute atomic E-state index is 0.143. The lowest BCUT2D eigenvalue weighted by Crippen LogP contribution is -2.13. The number of rotatable bonds is 4. The van der Waals surface area contributed by atoms with Crippen molar-refractivity contribution in [2.24, 2.45) is 0 Å². The summed E-state index contributed by atoms with van der Waals surface area (Å²) in [5, 5.41) is 10.6. The van der Waals surface area contributed by atoms with Gasteiger partial charge in [-0.3, -0.25) is 14.9 Å². The molecule has 7 heteroatoms. The molecular weight excluding hydrogens is 299 g/mol. The van der Waals surface area contributed by atoms with Gasteiger partial charge < -0.3 is 4.57 Å². The van der Waals surface area contributed by atoms with Gasteiger partial charge in [0.05, 0.1) is 15.6 Å². The van der Waals surface area contributed by atoms with Crippen LogP contribution in [0.2, 0.25) is 0 Å². The van der Waals surface area contributed by atoms with Crippen molar-refractivity contribution in [3.63, 3.8) is 0 Å². The summed E-state index contributed by atoms with van der Waals surface area (Å²) >= 11 is 8.53.